The molecule has 0 saturated carbocycles. The summed E-state index contributed by atoms with van der Waals surface area (Å²) in [5, 5.41) is 15.9. The Morgan fingerprint density at radius 1 is 1.15 bits per heavy atom. The molecule has 0 unspecified atom stereocenters. The van der Waals surface area contributed by atoms with Gasteiger partial charge in [-0.1, -0.05) is 65.8 Å². The van der Waals surface area contributed by atoms with E-state index in [0.717, 1.165) is 5.56 Å². The molecule has 9 nitrogen and oxygen atoms in total. The maximum atomic E-state index is 13.9. The molecule has 0 saturated heterocycles. The molecule has 1 aliphatic heterocycles. The number of ether oxygens (including phenoxy) is 2. The van der Waals surface area contributed by atoms with Gasteiger partial charge < -0.3 is 19.9 Å². The number of carbonyl (C=O) groups is 1. The van der Waals surface area contributed by atoms with Gasteiger partial charge in [-0.2, -0.15) is 0 Å². The molecular formula is C30H31N5O4. The third kappa shape index (κ3) is 6.46. The van der Waals surface area contributed by atoms with Gasteiger partial charge in [0.25, 0.3) is 5.91 Å². The van der Waals surface area contributed by atoms with Crippen LogP contribution in [0, 0.1) is 0 Å². The molecule has 3 aromatic rings. The largest absolute Gasteiger partial charge is 0.494 e. The topological polar surface area (TPSA) is 129 Å². The van der Waals surface area contributed by atoms with E-state index in [-0.39, 0.29) is 24.8 Å². The predicted octanol–water partition coefficient (Wildman–Crippen LogP) is 5.58. The first kappa shape index (κ1) is 27.4. The predicted molar refractivity (Wildman–Crippen MR) is 150 cm³/mol. The summed E-state index contributed by atoms with van der Waals surface area (Å²) in [6.45, 7) is 4.76. The molecule has 0 fully saturated rings. The molecular weight excluding hydrogens is 494 g/mol. The van der Waals surface area contributed by atoms with Crippen LogP contribution >= 0.6 is 0 Å². The maximum absolute atomic E-state index is 13.9. The smallest absolute Gasteiger partial charge is 0.252 e. The van der Waals surface area contributed by atoms with Crippen molar-refractivity contribution in [3.63, 3.8) is 0 Å². The van der Waals surface area contributed by atoms with Crippen LogP contribution in [0.2, 0.25) is 0 Å². The summed E-state index contributed by atoms with van der Waals surface area (Å²) in [4.78, 5) is 21.7. The van der Waals surface area contributed by atoms with Gasteiger partial charge in [-0.3, -0.25) is 4.79 Å². The summed E-state index contributed by atoms with van der Waals surface area (Å²) >= 11 is 0. The fraction of sp³-hybridized carbons (Fsp3) is 0.267. The number of hydrogen-bond donors (Lipinski definition) is 2. The summed E-state index contributed by atoms with van der Waals surface area (Å²) in [6.07, 6.45) is 2.18. The van der Waals surface area contributed by atoms with Crippen molar-refractivity contribution < 1.29 is 19.4 Å². The fourth-order valence-electron chi connectivity index (χ4n) is 4.48. The lowest BCUT2D eigenvalue weighted by molar-refractivity contribution is -0.128. The van der Waals surface area contributed by atoms with Crippen LogP contribution in [0.5, 0.6) is 5.75 Å². The van der Waals surface area contributed by atoms with E-state index in [4.69, 9.17) is 25.1 Å². The highest BCUT2D eigenvalue weighted by Crippen LogP contribution is 2.45. The van der Waals surface area contributed by atoms with Gasteiger partial charge in [0.05, 0.1) is 6.61 Å². The molecule has 0 spiro atoms. The summed E-state index contributed by atoms with van der Waals surface area (Å²) in [6, 6.07) is 24.1. The number of aliphatic imine (C=N–C) groups is 1. The van der Waals surface area contributed by atoms with Gasteiger partial charge >= 0.3 is 0 Å². The number of nitrogens with one attached hydrogen (secondary N) is 1. The van der Waals surface area contributed by atoms with E-state index >= 15 is 0 Å². The van der Waals surface area contributed by atoms with Crippen LogP contribution in [0.3, 0.4) is 0 Å². The van der Waals surface area contributed by atoms with E-state index in [2.05, 4.69) is 21.9 Å². The van der Waals surface area contributed by atoms with Crippen LogP contribution in [0.4, 0.5) is 5.69 Å². The van der Waals surface area contributed by atoms with Crippen LogP contribution in [-0.2, 0) is 16.0 Å². The van der Waals surface area contributed by atoms with Crippen LogP contribution in [0.1, 0.15) is 35.6 Å². The molecule has 39 heavy (non-hydrogen) atoms. The lowest BCUT2D eigenvalue weighted by Gasteiger charge is -2.30. The number of nitrogens with zero attached hydrogens (tertiary/aromatic N) is 4. The van der Waals surface area contributed by atoms with Crippen molar-refractivity contribution in [2.24, 2.45) is 10.1 Å². The molecule has 2 atom stereocenters. The van der Waals surface area contributed by atoms with E-state index < -0.39 is 11.6 Å². The Bertz CT molecular complexity index is 1350. The summed E-state index contributed by atoms with van der Waals surface area (Å²) in [7, 11) is 0. The van der Waals surface area contributed by atoms with Crippen LogP contribution in [0.15, 0.2) is 102 Å². The number of aliphatic hydroxyl groups is 1. The second-order valence-corrected chi connectivity index (χ2v) is 9.02. The second-order valence-electron chi connectivity index (χ2n) is 9.02. The van der Waals surface area contributed by atoms with Crippen molar-refractivity contribution in [2.45, 2.75) is 30.9 Å². The number of aliphatic hydroxyl groups excluding tert-OH is 1. The molecule has 0 aromatic heterocycles. The molecule has 3 aromatic carbocycles. The normalized spacial score (nSPS) is 17.9. The number of hydrogen-bond acceptors (Lipinski definition) is 6. The summed E-state index contributed by atoms with van der Waals surface area (Å²) in [5.41, 5.74) is 10.5. The molecule has 1 amide bonds. The number of rotatable bonds is 13. The highest BCUT2D eigenvalue weighted by atomic mass is 16.5. The third-order valence-electron chi connectivity index (χ3n) is 6.40. The van der Waals surface area contributed by atoms with Crippen molar-refractivity contribution in [1.29, 1.82) is 0 Å². The number of carbonyl (C=O) groups excluding carboxylic acids is 1. The van der Waals surface area contributed by atoms with Crippen LogP contribution in [0.25, 0.3) is 10.4 Å². The lowest BCUT2D eigenvalue weighted by Crippen LogP contribution is -2.48. The van der Waals surface area contributed by atoms with Crippen molar-refractivity contribution >= 4 is 17.5 Å². The van der Waals surface area contributed by atoms with E-state index in [0.29, 0.717) is 48.6 Å². The summed E-state index contributed by atoms with van der Waals surface area (Å²) < 4.78 is 12.0. The molecule has 4 rings (SSSR count). The maximum Gasteiger partial charge on any atom is 0.252 e. The average molecular weight is 526 g/mol. The zero-order valence-electron chi connectivity index (χ0n) is 21.6. The molecule has 2 N–H and O–H groups in total. The van der Waals surface area contributed by atoms with Gasteiger partial charge in [-0.05, 0) is 41.8 Å². The SMILES string of the molecule is C=CC[C@@]1(C(=O)NCCc2ccccc2)N=C(c2ccc(OCCCO)cc2)O[C@@H]1c1ccccc1N=[N+]=[N-]. The lowest BCUT2D eigenvalue weighted by atomic mass is 9.83. The first-order valence-electron chi connectivity index (χ1n) is 12.8. The van der Waals surface area contributed by atoms with Gasteiger partial charge in [0.15, 0.2) is 11.6 Å². The van der Waals surface area contributed by atoms with E-state index in [9.17, 15) is 4.79 Å². The Balaban J connectivity index is 1.68. The first-order valence-corrected chi connectivity index (χ1v) is 12.8. The van der Waals surface area contributed by atoms with Crippen LogP contribution in [-0.4, -0.2) is 42.2 Å². The molecule has 0 bridgehead atoms. The van der Waals surface area contributed by atoms with Crippen molar-refractivity contribution in [3.8, 4) is 5.75 Å². The van der Waals surface area contributed by atoms with Gasteiger partial charge in [0.2, 0.25) is 5.90 Å². The van der Waals surface area contributed by atoms with Crippen molar-refractivity contribution in [3.05, 3.63) is 119 Å². The minimum Gasteiger partial charge on any atom is -0.494 e. The Hall–Kier alpha value is -4.59. The molecule has 9 heteroatoms. The third-order valence-corrected chi connectivity index (χ3v) is 6.40. The zero-order chi connectivity index (χ0) is 27.5. The standard InChI is InChI=1S/C30H31N5O4/c1-2-18-30(29(37)32-19-17-22-9-4-3-5-10-22)27(25-11-6-7-12-26(25)34-35-31)39-28(33-30)23-13-15-24(16-14-23)38-21-8-20-36/h2-7,9-16,27,36H,1,8,17-21H2,(H,32,37)/t27-,30-/m1/s1. The zero-order valence-corrected chi connectivity index (χ0v) is 21.6. The Morgan fingerprint density at radius 2 is 1.90 bits per heavy atom. The highest BCUT2D eigenvalue weighted by molar-refractivity contribution is 6.01. The highest BCUT2D eigenvalue weighted by Gasteiger charge is 2.52. The molecule has 1 heterocycles. The number of benzene rings is 3. The number of amides is 1. The van der Waals surface area contributed by atoms with E-state index in [1.807, 2.05) is 30.3 Å². The fourth-order valence-corrected chi connectivity index (χ4v) is 4.48. The minimum absolute atomic E-state index is 0.0558. The Morgan fingerprint density at radius 3 is 2.62 bits per heavy atom. The van der Waals surface area contributed by atoms with Crippen LogP contribution < -0.4 is 10.1 Å². The van der Waals surface area contributed by atoms with Crippen molar-refractivity contribution in [2.75, 3.05) is 19.8 Å². The molecule has 1 aliphatic rings. The Kier molecular flexibility index (Phi) is 9.34. The van der Waals surface area contributed by atoms with Crippen molar-refractivity contribution in [1.82, 2.24) is 5.32 Å². The monoisotopic (exact) mass is 525 g/mol. The number of azide groups is 1. The van der Waals surface area contributed by atoms with E-state index in [1.54, 1.807) is 54.6 Å². The molecule has 0 aliphatic carbocycles. The average Bonchev–Trinajstić information content (AvgIpc) is 3.35. The summed E-state index contributed by atoms with van der Waals surface area (Å²) in [5.74, 6) is 0.628. The minimum atomic E-state index is -1.37. The molecule has 0 radical (unpaired) electrons. The quantitative estimate of drug-likeness (QED) is 0.0992. The van der Waals surface area contributed by atoms with Gasteiger partial charge in [-0.25, -0.2) is 4.99 Å². The second kappa shape index (κ2) is 13.3. The van der Waals surface area contributed by atoms with E-state index in [1.165, 1.54) is 0 Å². The van der Waals surface area contributed by atoms with Gasteiger partial charge in [0.1, 0.15) is 5.75 Å². The molecule has 200 valence electrons. The first-order chi connectivity index (χ1) is 19.1. The van der Waals surface area contributed by atoms with Gasteiger partial charge in [0, 0.05) is 47.7 Å². The Labute approximate surface area is 227 Å². The van der Waals surface area contributed by atoms with Gasteiger partial charge in [-0.15, -0.1) is 6.58 Å².